The number of hydrogen-bond acceptors (Lipinski definition) is 4. The van der Waals surface area contributed by atoms with Crippen LogP contribution in [0.2, 0.25) is 5.02 Å². The molecule has 2 aromatic carbocycles. The summed E-state index contributed by atoms with van der Waals surface area (Å²) in [5.41, 5.74) is 8.28. The first kappa shape index (κ1) is 21.9. The van der Waals surface area contributed by atoms with Gasteiger partial charge >= 0.3 is 0 Å². The summed E-state index contributed by atoms with van der Waals surface area (Å²) in [6.07, 6.45) is 2.42. The molecule has 1 aliphatic heterocycles. The number of nitrogens with two attached hydrogens (primary N) is 1. The van der Waals surface area contributed by atoms with E-state index >= 15 is 0 Å². The van der Waals surface area contributed by atoms with Gasteiger partial charge in [-0.25, -0.2) is 0 Å². The minimum Gasteiger partial charge on any atom is -0.484 e. The smallest absolute Gasteiger partial charge is 0.143 e. The number of rotatable bonds is 6. The van der Waals surface area contributed by atoms with Crippen molar-refractivity contribution >= 4 is 34.2 Å². The van der Waals surface area contributed by atoms with Gasteiger partial charge in [0.05, 0.1) is 13.2 Å². The van der Waals surface area contributed by atoms with E-state index in [1.54, 1.807) is 0 Å². The van der Waals surface area contributed by atoms with Crippen molar-refractivity contribution in [1.29, 1.82) is 0 Å². The molecule has 2 fully saturated rings. The average Bonchev–Trinajstić information content (AvgIpc) is 3.27. The Balaban J connectivity index is 1.39. The number of halogens is 2. The molecule has 2 atom stereocenters. The Hall–Kier alpha value is -1.30. The fourth-order valence-corrected chi connectivity index (χ4v) is 4.80. The summed E-state index contributed by atoms with van der Waals surface area (Å²) in [5.74, 6) is 7.42. The minimum atomic E-state index is -0.413. The molecule has 1 aliphatic carbocycles. The third-order valence-corrected chi connectivity index (χ3v) is 7.22. The average molecular weight is 537 g/mol. The van der Waals surface area contributed by atoms with Crippen molar-refractivity contribution in [2.24, 2.45) is 5.73 Å². The van der Waals surface area contributed by atoms with Crippen molar-refractivity contribution in [3.63, 3.8) is 0 Å². The molecule has 1 saturated carbocycles. The Morgan fingerprint density at radius 2 is 1.90 bits per heavy atom. The van der Waals surface area contributed by atoms with Crippen LogP contribution in [0.4, 0.5) is 0 Å². The number of hydrogen-bond donors (Lipinski definition) is 1. The van der Waals surface area contributed by atoms with Gasteiger partial charge in [0.15, 0.2) is 0 Å². The molecule has 2 unspecified atom stereocenters. The molecule has 30 heavy (non-hydrogen) atoms. The van der Waals surface area contributed by atoms with Gasteiger partial charge in [0.1, 0.15) is 14.9 Å². The third-order valence-electron chi connectivity index (χ3n) is 5.61. The molecule has 6 heteroatoms. The molecule has 0 aromatic heterocycles. The molecule has 2 N–H and O–H groups in total. The van der Waals surface area contributed by atoms with Crippen LogP contribution in [0.1, 0.15) is 24.0 Å². The Kier molecular flexibility index (Phi) is 6.91. The summed E-state index contributed by atoms with van der Waals surface area (Å²) in [4.78, 5) is 2.40. The van der Waals surface area contributed by atoms with E-state index in [1.807, 2.05) is 24.3 Å². The molecule has 2 aliphatic rings. The highest BCUT2D eigenvalue weighted by Gasteiger charge is 2.66. The third kappa shape index (κ3) is 5.49. The fourth-order valence-electron chi connectivity index (χ4n) is 3.76. The molecular weight excluding hydrogens is 511 g/mol. The van der Waals surface area contributed by atoms with Gasteiger partial charge in [-0.05, 0) is 42.0 Å². The first-order valence-corrected chi connectivity index (χ1v) is 11.7. The number of morpholine rings is 1. The number of ether oxygens (including phenoxy) is 2. The van der Waals surface area contributed by atoms with E-state index in [1.165, 1.54) is 5.56 Å². The molecule has 158 valence electrons. The lowest BCUT2D eigenvalue weighted by Gasteiger charge is -2.25. The van der Waals surface area contributed by atoms with Crippen LogP contribution in [-0.2, 0) is 11.2 Å². The highest BCUT2D eigenvalue weighted by molar-refractivity contribution is 14.1. The lowest BCUT2D eigenvalue weighted by molar-refractivity contribution is 0.0390. The minimum absolute atomic E-state index is 0.385. The first-order chi connectivity index (χ1) is 14.5. The Morgan fingerprint density at radius 1 is 1.17 bits per heavy atom. The van der Waals surface area contributed by atoms with Crippen molar-refractivity contribution in [2.75, 3.05) is 32.8 Å². The zero-order valence-electron chi connectivity index (χ0n) is 16.9. The van der Waals surface area contributed by atoms with Crippen LogP contribution in [-0.4, -0.2) is 46.9 Å². The van der Waals surface area contributed by atoms with Crippen molar-refractivity contribution < 1.29 is 9.47 Å². The fraction of sp³-hybridized carbons (Fsp3) is 0.417. The van der Waals surface area contributed by atoms with Gasteiger partial charge < -0.3 is 15.2 Å². The van der Waals surface area contributed by atoms with Crippen LogP contribution < -0.4 is 10.5 Å². The zero-order valence-corrected chi connectivity index (χ0v) is 19.8. The lowest BCUT2D eigenvalue weighted by Crippen LogP contribution is -2.36. The topological polar surface area (TPSA) is 47.7 Å². The van der Waals surface area contributed by atoms with Gasteiger partial charge in [-0.3, -0.25) is 4.90 Å². The summed E-state index contributed by atoms with van der Waals surface area (Å²) in [5, 5.41) is 0.695. The highest BCUT2D eigenvalue weighted by atomic mass is 127. The second-order valence-electron chi connectivity index (χ2n) is 7.97. The highest BCUT2D eigenvalue weighted by Crippen LogP contribution is 2.55. The van der Waals surface area contributed by atoms with E-state index in [-0.39, 0.29) is 3.55 Å². The Labute approximate surface area is 197 Å². The van der Waals surface area contributed by atoms with E-state index in [0.29, 0.717) is 5.02 Å². The number of nitrogens with zero attached hydrogens (tertiary/aromatic N) is 1. The summed E-state index contributed by atoms with van der Waals surface area (Å²) >= 11 is 8.30. The van der Waals surface area contributed by atoms with Gasteiger partial charge in [-0.1, -0.05) is 58.2 Å². The van der Waals surface area contributed by atoms with Crippen LogP contribution in [0, 0.1) is 11.8 Å². The van der Waals surface area contributed by atoms with E-state index in [2.05, 4.69) is 63.6 Å². The van der Waals surface area contributed by atoms with Crippen molar-refractivity contribution in [3.05, 3.63) is 64.7 Å². The van der Waals surface area contributed by atoms with E-state index in [0.717, 1.165) is 63.4 Å². The molecule has 1 heterocycles. The number of benzene rings is 2. The molecule has 0 spiro atoms. The van der Waals surface area contributed by atoms with Gasteiger partial charge in [0.2, 0.25) is 0 Å². The molecule has 0 amide bonds. The van der Waals surface area contributed by atoms with Crippen LogP contribution >= 0.6 is 34.2 Å². The predicted molar refractivity (Wildman–Crippen MR) is 129 cm³/mol. The molecule has 4 nitrogen and oxygen atoms in total. The lowest BCUT2D eigenvalue weighted by atomic mass is 10.0. The zero-order chi connectivity index (χ0) is 21.0. The SMILES string of the molecule is NC1(I)CC1(Cc1cccc(C#CCCN2CCOCC2)c1)Oc1ccc(Cl)cc1. The normalized spacial score (nSPS) is 26.0. The van der Waals surface area contributed by atoms with Crippen molar-refractivity contribution in [1.82, 2.24) is 4.90 Å². The summed E-state index contributed by atoms with van der Waals surface area (Å²) in [6, 6.07) is 15.9. The second kappa shape index (κ2) is 9.46. The van der Waals surface area contributed by atoms with Crippen molar-refractivity contribution in [3.8, 4) is 17.6 Å². The van der Waals surface area contributed by atoms with Crippen LogP contribution in [0.3, 0.4) is 0 Å². The quantitative estimate of drug-likeness (QED) is 0.259. The van der Waals surface area contributed by atoms with Gasteiger partial charge in [0.25, 0.3) is 0 Å². The van der Waals surface area contributed by atoms with Crippen molar-refractivity contribution in [2.45, 2.75) is 28.4 Å². The molecule has 0 radical (unpaired) electrons. The summed E-state index contributed by atoms with van der Waals surface area (Å²) in [7, 11) is 0. The van der Waals surface area contributed by atoms with E-state index < -0.39 is 5.60 Å². The van der Waals surface area contributed by atoms with Crippen LogP contribution in [0.15, 0.2) is 48.5 Å². The van der Waals surface area contributed by atoms with Gasteiger partial charge in [-0.2, -0.15) is 0 Å². The van der Waals surface area contributed by atoms with E-state index in [4.69, 9.17) is 26.8 Å². The summed E-state index contributed by atoms with van der Waals surface area (Å²) in [6.45, 7) is 4.66. The van der Waals surface area contributed by atoms with Gasteiger partial charge in [0, 0.05) is 49.5 Å². The van der Waals surface area contributed by atoms with E-state index in [9.17, 15) is 0 Å². The largest absolute Gasteiger partial charge is 0.484 e. The standard InChI is InChI=1S/C24H26ClIN2O2/c25-21-7-9-22(10-8-21)30-23(18-24(23,26)27)17-20-6-3-5-19(16-20)4-1-2-11-28-12-14-29-15-13-28/h3,5-10,16H,2,11-15,17-18,27H2. The maximum Gasteiger partial charge on any atom is 0.143 e. The maximum atomic E-state index is 6.47. The second-order valence-corrected chi connectivity index (χ2v) is 10.3. The molecule has 0 bridgehead atoms. The van der Waals surface area contributed by atoms with Crippen LogP contribution in [0.5, 0.6) is 5.75 Å². The molecule has 2 aromatic rings. The van der Waals surface area contributed by atoms with Gasteiger partial charge in [-0.15, -0.1) is 0 Å². The Morgan fingerprint density at radius 3 is 2.60 bits per heavy atom. The number of alkyl halides is 1. The molecular formula is C24H26ClIN2O2. The maximum absolute atomic E-state index is 6.47. The summed E-state index contributed by atoms with van der Waals surface area (Å²) < 4.78 is 11.4. The molecule has 4 rings (SSSR count). The first-order valence-electron chi connectivity index (χ1n) is 10.3. The monoisotopic (exact) mass is 536 g/mol. The van der Waals surface area contributed by atoms with Crippen LogP contribution in [0.25, 0.3) is 0 Å². The predicted octanol–water partition coefficient (Wildman–Crippen LogP) is 4.27. The molecule has 1 saturated heterocycles. The Bertz CT molecular complexity index is 932.